The van der Waals surface area contributed by atoms with E-state index in [0.29, 0.717) is 27.3 Å². The summed E-state index contributed by atoms with van der Waals surface area (Å²) in [6.45, 7) is -0.194. The van der Waals surface area contributed by atoms with E-state index in [4.69, 9.17) is 27.9 Å². The summed E-state index contributed by atoms with van der Waals surface area (Å²) in [6, 6.07) is 10.7. The molecule has 0 aliphatic heterocycles. The van der Waals surface area contributed by atoms with Crippen LogP contribution in [0.25, 0.3) is 0 Å². The summed E-state index contributed by atoms with van der Waals surface area (Å²) >= 11 is 13.5. The number of nitrogens with zero attached hydrogens (tertiary/aromatic N) is 1. The SMILES string of the molecule is O=C(COc1ccc(F)cc1)Nc1ncc(Cc2cc(Cl)ccc2Cl)s1. The zero-order valence-corrected chi connectivity index (χ0v) is 15.7. The standard InChI is InChI=1S/C18H13Cl2FN2O2S/c19-12-1-6-16(20)11(7-12)8-15-9-22-18(26-15)23-17(24)10-25-14-4-2-13(21)3-5-14/h1-7,9H,8,10H2,(H,22,23,24). The number of benzene rings is 2. The summed E-state index contributed by atoms with van der Waals surface area (Å²) in [4.78, 5) is 17.0. The van der Waals surface area contributed by atoms with Crippen molar-refractivity contribution in [2.75, 3.05) is 11.9 Å². The van der Waals surface area contributed by atoms with Gasteiger partial charge in [-0.15, -0.1) is 11.3 Å². The van der Waals surface area contributed by atoms with Gasteiger partial charge in [0.15, 0.2) is 11.7 Å². The van der Waals surface area contributed by atoms with Crippen molar-refractivity contribution in [3.63, 3.8) is 0 Å². The molecule has 4 nitrogen and oxygen atoms in total. The van der Waals surface area contributed by atoms with Crippen LogP contribution in [-0.2, 0) is 11.2 Å². The molecule has 2 aromatic carbocycles. The minimum absolute atomic E-state index is 0.194. The molecule has 0 aliphatic rings. The van der Waals surface area contributed by atoms with Gasteiger partial charge in [-0.05, 0) is 48.0 Å². The quantitative estimate of drug-likeness (QED) is 0.607. The van der Waals surface area contributed by atoms with Gasteiger partial charge in [0.1, 0.15) is 11.6 Å². The predicted molar refractivity (Wildman–Crippen MR) is 102 cm³/mol. The van der Waals surface area contributed by atoms with E-state index in [2.05, 4.69) is 10.3 Å². The van der Waals surface area contributed by atoms with Gasteiger partial charge in [-0.25, -0.2) is 9.37 Å². The van der Waals surface area contributed by atoms with Crippen LogP contribution in [0.4, 0.5) is 9.52 Å². The van der Waals surface area contributed by atoms with E-state index in [-0.39, 0.29) is 18.3 Å². The Labute approximate surface area is 163 Å². The van der Waals surface area contributed by atoms with E-state index in [1.807, 2.05) is 0 Å². The normalized spacial score (nSPS) is 10.6. The Kier molecular flexibility index (Phi) is 6.08. The Morgan fingerprint density at radius 1 is 1.19 bits per heavy atom. The second-order valence-electron chi connectivity index (χ2n) is 5.34. The number of carbonyl (C=O) groups excluding carboxylic acids is 1. The average Bonchev–Trinajstić information content (AvgIpc) is 3.04. The van der Waals surface area contributed by atoms with Gasteiger partial charge < -0.3 is 4.74 Å². The molecule has 0 saturated carbocycles. The Balaban J connectivity index is 1.55. The first-order valence-electron chi connectivity index (χ1n) is 7.56. The van der Waals surface area contributed by atoms with Crippen molar-refractivity contribution in [2.45, 2.75) is 6.42 Å². The average molecular weight is 411 g/mol. The third-order valence-corrected chi connectivity index (χ3v) is 4.87. The molecule has 0 fully saturated rings. The van der Waals surface area contributed by atoms with Crippen LogP contribution in [0.15, 0.2) is 48.7 Å². The van der Waals surface area contributed by atoms with Gasteiger partial charge in [0.2, 0.25) is 0 Å². The van der Waals surface area contributed by atoms with Crippen molar-refractivity contribution in [2.24, 2.45) is 0 Å². The molecule has 0 atom stereocenters. The Hall–Kier alpha value is -2.15. The molecule has 0 unspecified atom stereocenters. The number of rotatable bonds is 6. The molecule has 26 heavy (non-hydrogen) atoms. The fourth-order valence-electron chi connectivity index (χ4n) is 2.15. The number of carbonyl (C=O) groups is 1. The fourth-order valence-corrected chi connectivity index (χ4v) is 3.38. The lowest BCUT2D eigenvalue weighted by Gasteiger charge is -2.05. The maximum Gasteiger partial charge on any atom is 0.264 e. The largest absolute Gasteiger partial charge is 0.484 e. The zero-order valence-electron chi connectivity index (χ0n) is 13.3. The third-order valence-electron chi connectivity index (χ3n) is 3.36. The number of aromatic nitrogens is 1. The molecular formula is C18H13Cl2FN2O2S. The molecule has 134 valence electrons. The molecule has 0 bridgehead atoms. The van der Waals surface area contributed by atoms with E-state index in [9.17, 15) is 9.18 Å². The van der Waals surface area contributed by atoms with Crippen LogP contribution in [0.1, 0.15) is 10.4 Å². The highest BCUT2D eigenvalue weighted by atomic mass is 35.5. The molecule has 0 aliphatic carbocycles. The van der Waals surface area contributed by atoms with E-state index in [0.717, 1.165) is 10.4 Å². The van der Waals surface area contributed by atoms with Crippen molar-refractivity contribution in [1.82, 2.24) is 4.98 Å². The van der Waals surface area contributed by atoms with Crippen molar-refractivity contribution in [3.05, 3.63) is 75.0 Å². The number of hydrogen-bond acceptors (Lipinski definition) is 4. The zero-order chi connectivity index (χ0) is 18.5. The maximum absolute atomic E-state index is 12.8. The lowest BCUT2D eigenvalue weighted by Crippen LogP contribution is -2.19. The van der Waals surface area contributed by atoms with Gasteiger partial charge in [-0.3, -0.25) is 10.1 Å². The van der Waals surface area contributed by atoms with Crippen molar-refractivity contribution >= 4 is 45.6 Å². The Morgan fingerprint density at radius 2 is 1.96 bits per heavy atom. The highest BCUT2D eigenvalue weighted by Crippen LogP contribution is 2.27. The van der Waals surface area contributed by atoms with Crippen molar-refractivity contribution in [1.29, 1.82) is 0 Å². The number of nitrogens with one attached hydrogen (secondary N) is 1. The van der Waals surface area contributed by atoms with Gasteiger partial charge in [0, 0.05) is 27.5 Å². The Bertz CT molecular complexity index is 916. The number of ether oxygens (including phenoxy) is 1. The molecule has 1 N–H and O–H groups in total. The number of amides is 1. The van der Waals surface area contributed by atoms with E-state index < -0.39 is 0 Å². The highest BCUT2D eigenvalue weighted by molar-refractivity contribution is 7.15. The third kappa shape index (κ3) is 5.17. The van der Waals surface area contributed by atoms with Crippen molar-refractivity contribution in [3.8, 4) is 5.75 Å². The number of hydrogen-bond donors (Lipinski definition) is 1. The summed E-state index contributed by atoms with van der Waals surface area (Å²) in [5.74, 6) is -0.301. The van der Waals surface area contributed by atoms with Crippen LogP contribution in [0.3, 0.4) is 0 Å². The lowest BCUT2D eigenvalue weighted by atomic mass is 10.1. The fraction of sp³-hybridized carbons (Fsp3) is 0.111. The van der Waals surface area contributed by atoms with E-state index in [1.165, 1.54) is 35.6 Å². The van der Waals surface area contributed by atoms with Crippen LogP contribution in [0.2, 0.25) is 10.0 Å². The summed E-state index contributed by atoms with van der Waals surface area (Å²) < 4.78 is 18.1. The van der Waals surface area contributed by atoms with Gasteiger partial charge >= 0.3 is 0 Å². The molecule has 0 spiro atoms. The van der Waals surface area contributed by atoms with Gasteiger partial charge in [-0.2, -0.15) is 0 Å². The number of thiazole rings is 1. The number of halogens is 3. The predicted octanol–water partition coefficient (Wildman–Crippen LogP) is 5.20. The van der Waals surface area contributed by atoms with Crippen LogP contribution in [0, 0.1) is 5.82 Å². The smallest absolute Gasteiger partial charge is 0.264 e. The molecule has 3 aromatic rings. The lowest BCUT2D eigenvalue weighted by molar-refractivity contribution is -0.118. The summed E-state index contributed by atoms with van der Waals surface area (Å²) in [5.41, 5.74) is 0.889. The molecule has 1 heterocycles. The Morgan fingerprint density at radius 3 is 2.73 bits per heavy atom. The maximum atomic E-state index is 12.8. The van der Waals surface area contributed by atoms with Gasteiger partial charge in [-0.1, -0.05) is 23.2 Å². The topological polar surface area (TPSA) is 51.2 Å². The highest BCUT2D eigenvalue weighted by Gasteiger charge is 2.10. The molecular weight excluding hydrogens is 398 g/mol. The van der Waals surface area contributed by atoms with Crippen molar-refractivity contribution < 1.29 is 13.9 Å². The van der Waals surface area contributed by atoms with Crippen LogP contribution >= 0.6 is 34.5 Å². The molecule has 0 radical (unpaired) electrons. The first-order valence-corrected chi connectivity index (χ1v) is 9.14. The minimum atomic E-state index is -0.364. The molecule has 0 saturated heterocycles. The summed E-state index contributed by atoms with van der Waals surface area (Å²) in [6.07, 6.45) is 2.25. The number of anilines is 1. The first-order chi connectivity index (χ1) is 12.5. The van der Waals surface area contributed by atoms with Gasteiger partial charge in [0.25, 0.3) is 5.91 Å². The van der Waals surface area contributed by atoms with Crippen LogP contribution in [-0.4, -0.2) is 17.5 Å². The first kappa shape index (κ1) is 18.6. The molecule has 8 heteroatoms. The second-order valence-corrected chi connectivity index (χ2v) is 7.29. The molecule has 1 aromatic heterocycles. The second kappa shape index (κ2) is 8.49. The monoisotopic (exact) mass is 410 g/mol. The summed E-state index contributed by atoms with van der Waals surface area (Å²) in [5, 5.41) is 4.37. The molecule has 1 amide bonds. The minimum Gasteiger partial charge on any atom is -0.484 e. The van der Waals surface area contributed by atoms with Crippen LogP contribution < -0.4 is 10.1 Å². The van der Waals surface area contributed by atoms with E-state index in [1.54, 1.807) is 24.4 Å². The van der Waals surface area contributed by atoms with E-state index >= 15 is 0 Å². The van der Waals surface area contributed by atoms with Crippen LogP contribution in [0.5, 0.6) is 5.75 Å². The molecule has 3 rings (SSSR count). The summed E-state index contributed by atoms with van der Waals surface area (Å²) in [7, 11) is 0. The van der Waals surface area contributed by atoms with Gasteiger partial charge in [0.05, 0.1) is 0 Å².